The van der Waals surface area contributed by atoms with Crippen LogP contribution in [0.1, 0.15) is 25.0 Å². The standard InChI is InChI=1S/C17H14BrN3/c1-11-9-10-19-17-16(12-5-7-13(18)8-6-12)20-15-4-2-3-14(11)21(15)17/h2-8,10-11H,9H2,1H3/t11-/m0/s1. The van der Waals surface area contributed by atoms with Crippen LogP contribution in [-0.4, -0.2) is 15.6 Å². The molecule has 0 spiro atoms. The maximum absolute atomic E-state index is 4.79. The van der Waals surface area contributed by atoms with E-state index in [2.05, 4.69) is 56.5 Å². The molecule has 0 aliphatic carbocycles. The largest absolute Gasteiger partial charge is 0.281 e. The first kappa shape index (κ1) is 12.8. The predicted octanol–water partition coefficient (Wildman–Crippen LogP) is 4.97. The highest BCUT2D eigenvalue weighted by Gasteiger charge is 2.20. The SMILES string of the molecule is C[C@H]1CC=Nc2c(-c3ccc(Br)cc3)nc3cccc1n23. The number of aliphatic imine (C=N–C) groups is 1. The van der Waals surface area contributed by atoms with Crippen molar-refractivity contribution in [3.63, 3.8) is 0 Å². The lowest BCUT2D eigenvalue weighted by Crippen LogP contribution is -1.99. The Bertz CT molecular complexity index is 846. The molecule has 3 nitrogen and oxygen atoms in total. The number of pyridine rings is 1. The van der Waals surface area contributed by atoms with Crippen LogP contribution in [0.5, 0.6) is 0 Å². The molecular formula is C17H14BrN3. The first-order valence-corrected chi connectivity index (χ1v) is 7.83. The minimum Gasteiger partial charge on any atom is -0.281 e. The number of hydrogen-bond acceptors (Lipinski definition) is 2. The number of hydrogen-bond donors (Lipinski definition) is 0. The van der Waals surface area contributed by atoms with Crippen LogP contribution in [0.25, 0.3) is 16.9 Å². The maximum atomic E-state index is 4.79. The molecule has 1 aromatic carbocycles. The summed E-state index contributed by atoms with van der Waals surface area (Å²) in [6.07, 6.45) is 2.97. The molecule has 3 aromatic rings. The molecule has 0 amide bonds. The average Bonchev–Trinajstić information content (AvgIpc) is 2.77. The van der Waals surface area contributed by atoms with Crippen molar-refractivity contribution in [1.29, 1.82) is 0 Å². The van der Waals surface area contributed by atoms with E-state index < -0.39 is 0 Å². The van der Waals surface area contributed by atoms with Crippen LogP contribution in [0.3, 0.4) is 0 Å². The van der Waals surface area contributed by atoms with Crippen molar-refractivity contribution in [3.05, 3.63) is 52.6 Å². The third-order valence-corrected chi connectivity index (χ3v) is 4.47. The number of nitrogens with zero attached hydrogens (tertiary/aromatic N) is 3. The molecule has 0 fully saturated rings. The van der Waals surface area contributed by atoms with Crippen molar-refractivity contribution < 1.29 is 0 Å². The van der Waals surface area contributed by atoms with Gasteiger partial charge in [0.25, 0.3) is 0 Å². The molecule has 1 atom stereocenters. The summed E-state index contributed by atoms with van der Waals surface area (Å²) in [6, 6.07) is 14.5. The summed E-state index contributed by atoms with van der Waals surface area (Å²) in [4.78, 5) is 9.47. The molecule has 0 bridgehead atoms. The summed E-state index contributed by atoms with van der Waals surface area (Å²) in [5, 5.41) is 0. The van der Waals surface area contributed by atoms with E-state index in [9.17, 15) is 0 Å². The topological polar surface area (TPSA) is 29.7 Å². The maximum Gasteiger partial charge on any atom is 0.164 e. The van der Waals surface area contributed by atoms with Gasteiger partial charge in [0.1, 0.15) is 11.3 Å². The van der Waals surface area contributed by atoms with Gasteiger partial charge in [-0.2, -0.15) is 0 Å². The summed E-state index contributed by atoms with van der Waals surface area (Å²) < 4.78 is 3.25. The molecule has 0 radical (unpaired) electrons. The average molecular weight is 340 g/mol. The zero-order valence-corrected chi connectivity index (χ0v) is 13.2. The molecule has 0 N–H and O–H groups in total. The Morgan fingerprint density at radius 1 is 1.14 bits per heavy atom. The van der Waals surface area contributed by atoms with E-state index in [0.29, 0.717) is 5.92 Å². The van der Waals surface area contributed by atoms with E-state index in [1.165, 1.54) is 5.69 Å². The number of benzene rings is 1. The highest BCUT2D eigenvalue weighted by molar-refractivity contribution is 9.10. The Morgan fingerprint density at radius 2 is 1.95 bits per heavy atom. The summed E-state index contributed by atoms with van der Waals surface area (Å²) in [7, 11) is 0. The van der Waals surface area contributed by atoms with Crippen LogP contribution in [0.15, 0.2) is 51.9 Å². The van der Waals surface area contributed by atoms with Crippen molar-refractivity contribution in [2.24, 2.45) is 4.99 Å². The van der Waals surface area contributed by atoms with Gasteiger partial charge in [-0.25, -0.2) is 9.98 Å². The fourth-order valence-electron chi connectivity index (χ4n) is 2.83. The summed E-state index contributed by atoms with van der Waals surface area (Å²) >= 11 is 3.48. The first-order valence-electron chi connectivity index (χ1n) is 7.04. The lowest BCUT2D eigenvalue weighted by molar-refractivity contribution is 0.770. The van der Waals surface area contributed by atoms with Crippen molar-refractivity contribution in [2.75, 3.05) is 0 Å². The molecule has 104 valence electrons. The van der Waals surface area contributed by atoms with Gasteiger partial charge in [0.05, 0.1) is 0 Å². The van der Waals surface area contributed by atoms with E-state index in [-0.39, 0.29) is 0 Å². The van der Waals surface area contributed by atoms with Crippen molar-refractivity contribution >= 4 is 33.6 Å². The molecule has 4 rings (SSSR count). The Morgan fingerprint density at radius 3 is 2.76 bits per heavy atom. The Labute approximate surface area is 131 Å². The van der Waals surface area contributed by atoms with Gasteiger partial charge in [-0.05, 0) is 30.7 Å². The molecule has 0 unspecified atom stereocenters. The molecule has 1 aliphatic rings. The smallest absolute Gasteiger partial charge is 0.164 e. The second kappa shape index (κ2) is 4.81. The van der Waals surface area contributed by atoms with Gasteiger partial charge in [0.2, 0.25) is 0 Å². The fraction of sp³-hybridized carbons (Fsp3) is 0.176. The minimum absolute atomic E-state index is 0.450. The van der Waals surface area contributed by atoms with Gasteiger partial charge in [-0.1, -0.05) is 41.1 Å². The van der Waals surface area contributed by atoms with Crippen LogP contribution in [0.4, 0.5) is 5.82 Å². The molecule has 3 heterocycles. The predicted molar refractivity (Wildman–Crippen MR) is 89.5 cm³/mol. The highest BCUT2D eigenvalue weighted by Crippen LogP contribution is 2.36. The summed E-state index contributed by atoms with van der Waals surface area (Å²) in [5.41, 5.74) is 4.28. The van der Waals surface area contributed by atoms with E-state index in [4.69, 9.17) is 4.98 Å². The highest BCUT2D eigenvalue weighted by atomic mass is 79.9. The number of imidazole rings is 1. The zero-order valence-electron chi connectivity index (χ0n) is 11.6. The summed E-state index contributed by atoms with van der Waals surface area (Å²) in [6.45, 7) is 2.23. The Hall–Kier alpha value is -1.94. The van der Waals surface area contributed by atoms with Crippen molar-refractivity contribution in [3.8, 4) is 11.3 Å². The zero-order chi connectivity index (χ0) is 14.4. The Balaban J connectivity index is 2.04. The van der Waals surface area contributed by atoms with Crippen LogP contribution < -0.4 is 0 Å². The fourth-order valence-corrected chi connectivity index (χ4v) is 3.09. The lowest BCUT2D eigenvalue weighted by atomic mass is 10.0. The van der Waals surface area contributed by atoms with Crippen LogP contribution in [-0.2, 0) is 0 Å². The monoisotopic (exact) mass is 339 g/mol. The quantitative estimate of drug-likeness (QED) is 0.615. The van der Waals surface area contributed by atoms with Gasteiger partial charge >= 0.3 is 0 Å². The second-order valence-electron chi connectivity index (χ2n) is 5.38. The van der Waals surface area contributed by atoms with Crippen LogP contribution in [0, 0.1) is 0 Å². The molecular weight excluding hydrogens is 326 g/mol. The van der Waals surface area contributed by atoms with Gasteiger partial charge in [-0.3, -0.25) is 4.40 Å². The first-order chi connectivity index (χ1) is 10.2. The van der Waals surface area contributed by atoms with Gasteiger partial charge < -0.3 is 0 Å². The second-order valence-corrected chi connectivity index (χ2v) is 6.30. The summed E-state index contributed by atoms with van der Waals surface area (Å²) in [5.74, 6) is 1.39. The van der Waals surface area contributed by atoms with Gasteiger partial charge in [-0.15, -0.1) is 0 Å². The molecule has 0 saturated heterocycles. The van der Waals surface area contributed by atoms with E-state index in [1.54, 1.807) is 0 Å². The third-order valence-electron chi connectivity index (χ3n) is 3.94. The van der Waals surface area contributed by atoms with E-state index >= 15 is 0 Å². The number of halogens is 1. The minimum atomic E-state index is 0.450. The Kier molecular flexibility index (Phi) is 2.93. The molecule has 0 saturated carbocycles. The number of rotatable bonds is 1. The van der Waals surface area contributed by atoms with E-state index in [1.807, 2.05) is 24.4 Å². The van der Waals surface area contributed by atoms with Crippen molar-refractivity contribution in [2.45, 2.75) is 19.3 Å². The third kappa shape index (κ3) is 2.02. The van der Waals surface area contributed by atoms with Gasteiger partial charge in [0.15, 0.2) is 5.82 Å². The molecule has 1 aliphatic heterocycles. The number of aromatic nitrogens is 2. The van der Waals surface area contributed by atoms with Crippen molar-refractivity contribution in [1.82, 2.24) is 9.38 Å². The van der Waals surface area contributed by atoms with E-state index in [0.717, 1.165) is 33.6 Å². The normalized spacial score (nSPS) is 17.1. The molecule has 21 heavy (non-hydrogen) atoms. The lowest BCUT2D eigenvalue weighted by Gasteiger charge is -2.10. The molecule has 2 aromatic heterocycles. The molecule has 4 heteroatoms. The van der Waals surface area contributed by atoms with Crippen LogP contribution in [0.2, 0.25) is 0 Å². The van der Waals surface area contributed by atoms with Crippen LogP contribution >= 0.6 is 15.9 Å². The van der Waals surface area contributed by atoms with Gasteiger partial charge in [0, 0.05) is 27.9 Å².